The van der Waals surface area contributed by atoms with Gasteiger partial charge >= 0.3 is 0 Å². The standard InChI is InChI=1S/CH5N5O2/c1-4-5(2)6(7)8-3/h2-3,7H,1H2/q-2. The van der Waals surface area contributed by atoms with Crippen molar-refractivity contribution >= 4 is 6.72 Å². The third-order valence-electron chi connectivity index (χ3n) is 0.378. The molecule has 7 heteroatoms. The van der Waals surface area contributed by atoms with E-state index in [4.69, 9.17) is 16.9 Å². The highest BCUT2D eigenvalue weighted by molar-refractivity contribution is 5.22. The Kier molecular flexibility index (Phi) is 2.99. The Morgan fingerprint density at radius 2 is 2.25 bits per heavy atom. The van der Waals surface area contributed by atoms with E-state index in [-0.39, 0.29) is 10.6 Å². The molecule has 0 saturated carbocycles. The Bertz CT molecular complexity index is 74.8. The van der Waals surface area contributed by atoms with Gasteiger partial charge in [-0.2, -0.15) is 5.10 Å². The molecule has 8 heavy (non-hydrogen) atoms. The van der Waals surface area contributed by atoms with E-state index >= 15 is 0 Å². The normalized spacial score (nSPS) is 9.50. The monoisotopic (exact) mass is 119 g/mol. The number of hydrogen-bond donors (Lipinski definition) is 1. The smallest absolute Gasteiger partial charge is 0.0176 e. The first-order valence-electron chi connectivity index (χ1n) is 1.53. The summed E-state index contributed by atoms with van der Waals surface area (Å²) in [5.74, 6) is 12.4. The topological polar surface area (TPSA) is 95.9 Å². The van der Waals surface area contributed by atoms with Crippen LogP contribution in [0.2, 0.25) is 0 Å². The molecule has 0 atom stereocenters. The molecule has 0 aliphatic carbocycles. The van der Waals surface area contributed by atoms with Gasteiger partial charge in [-0.1, -0.05) is 0 Å². The predicted molar refractivity (Wildman–Crippen MR) is 24.7 cm³/mol. The molecule has 0 spiro atoms. The van der Waals surface area contributed by atoms with E-state index in [1.807, 2.05) is 0 Å². The van der Waals surface area contributed by atoms with Gasteiger partial charge in [0.05, 0.1) is 0 Å². The van der Waals surface area contributed by atoms with Crippen LogP contribution in [0, 0.1) is 0 Å². The largest absolute Gasteiger partial charge is 0.544 e. The average Bonchev–Trinajstić information content (AvgIpc) is 1.84. The third-order valence-corrected chi connectivity index (χ3v) is 0.378. The van der Waals surface area contributed by atoms with Crippen LogP contribution in [0.15, 0.2) is 5.10 Å². The van der Waals surface area contributed by atoms with Gasteiger partial charge in [-0.3, -0.25) is 10.4 Å². The first-order chi connectivity index (χ1) is 3.72. The summed E-state index contributed by atoms with van der Waals surface area (Å²) in [5.41, 5.74) is 0. The zero-order valence-electron chi connectivity index (χ0n) is 3.90. The second-order valence-corrected chi connectivity index (χ2v) is 0.775. The molecule has 0 bridgehead atoms. The SMILES string of the molecule is C=NN([NH-])N(O)O[NH-]. The second-order valence-electron chi connectivity index (χ2n) is 0.775. The van der Waals surface area contributed by atoms with E-state index < -0.39 is 0 Å². The van der Waals surface area contributed by atoms with Crippen molar-refractivity contribution in [2.24, 2.45) is 5.10 Å². The van der Waals surface area contributed by atoms with Crippen molar-refractivity contribution in [1.82, 2.24) is 10.6 Å². The minimum Gasteiger partial charge on any atom is -0.544 e. The summed E-state index contributed by atoms with van der Waals surface area (Å²) >= 11 is 0. The summed E-state index contributed by atoms with van der Waals surface area (Å²) in [6.45, 7) is 2.85. The Balaban J connectivity index is 3.44. The van der Waals surface area contributed by atoms with E-state index in [0.717, 1.165) is 0 Å². The van der Waals surface area contributed by atoms with Crippen molar-refractivity contribution in [2.45, 2.75) is 0 Å². The van der Waals surface area contributed by atoms with Crippen LogP contribution in [-0.2, 0) is 4.94 Å². The quantitative estimate of drug-likeness (QED) is 0.428. The first kappa shape index (κ1) is 7.27. The van der Waals surface area contributed by atoms with Crippen LogP contribution in [0.5, 0.6) is 0 Å². The van der Waals surface area contributed by atoms with Crippen molar-refractivity contribution in [1.29, 1.82) is 0 Å². The lowest BCUT2D eigenvalue weighted by Crippen LogP contribution is -2.27. The van der Waals surface area contributed by atoms with Crippen LogP contribution in [0.25, 0.3) is 11.7 Å². The highest BCUT2D eigenvalue weighted by Gasteiger charge is 1.88. The van der Waals surface area contributed by atoms with Crippen LogP contribution in [0.3, 0.4) is 0 Å². The summed E-state index contributed by atoms with van der Waals surface area (Å²) in [6, 6.07) is 0. The number of hydrazone groups is 1. The highest BCUT2D eigenvalue weighted by atomic mass is 17.0. The summed E-state index contributed by atoms with van der Waals surface area (Å²) in [5, 5.41) is 10.9. The fraction of sp³-hybridized carbons (Fsp3) is 0. The molecular weight excluding hydrogens is 114 g/mol. The molecule has 0 heterocycles. The van der Waals surface area contributed by atoms with Crippen LogP contribution >= 0.6 is 0 Å². The molecule has 0 aromatic rings. The van der Waals surface area contributed by atoms with E-state index in [1.54, 1.807) is 0 Å². The fourth-order valence-corrected chi connectivity index (χ4v) is 0.0928. The number of hydrazine groups is 1. The van der Waals surface area contributed by atoms with Crippen LogP contribution in [-0.4, -0.2) is 22.5 Å². The van der Waals surface area contributed by atoms with Gasteiger partial charge in [0.2, 0.25) is 0 Å². The molecule has 0 amide bonds. The molecule has 48 valence electrons. The maximum absolute atomic E-state index is 8.15. The van der Waals surface area contributed by atoms with Gasteiger partial charge in [-0.15, -0.1) is 0 Å². The number of nitrogens with zero attached hydrogens (tertiary/aromatic N) is 3. The van der Waals surface area contributed by atoms with Gasteiger partial charge in [0.1, 0.15) is 0 Å². The molecule has 3 N–H and O–H groups in total. The minimum absolute atomic E-state index is 0.0903. The maximum atomic E-state index is 8.15. The lowest BCUT2D eigenvalue weighted by Gasteiger charge is -2.29. The maximum Gasteiger partial charge on any atom is 0.0176 e. The Morgan fingerprint density at radius 1 is 1.75 bits per heavy atom. The number of rotatable bonds is 3. The molecule has 0 unspecified atom stereocenters. The highest BCUT2D eigenvalue weighted by Crippen LogP contribution is 1.92. The van der Waals surface area contributed by atoms with Gasteiger partial charge in [0.15, 0.2) is 0 Å². The summed E-state index contributed by atoms with van der Waals surface area (Å²) in [7, 11) is 0. The number of nitrogens with one attached hydrogen (secondary N) is 2. The first-order valence-corrected chi connectivity index (χ1v) is 1.53. The lowest BCUT2D eigenvalue weighted by molar-refractivity contribution is -0.406. The van der Waals surface area contributed by atoms with Crippen LogP contribution < -0.4 is 0 Å². The molecule has 0 aliphatic heterocycles. The zero-order chi connectivity index (χ0) is 6.57. The third kappa shape index (κ3) is 1.82. The van der Waals surface area contributed by atoms with Crippen molar-refractivity contribution in [3.63, 3.8) is 0 Å². The average molecular weight is 119 g/mol. The van der Waals surface area contributed by atoms with Gasteiger partial charge in [-0.05, 0) is 0 Å². The lowest BCUT2D eigenvalue weighted by atomic mass is 11.7. The molecule has 0 radical (unpaired) electrons. The Hall–Kier alpha value is -0.730. The summed E-state index contributed by atoms with van der Waals surface area (Å²) in [4.78, 5) is 3.35. The molecule has 0 aromatic carbocycles. The molecular formula is CH5N5O2-2. The molecule has 0 saturated heterocycles. The Morgan fingerprint density at radius 3 is 2.38 bits per heavy atom. The number of hydrogen-bond acceptors (Lipinski definition) is 5. The van der Waals surface area contributed by atoms with Gasteiger partial charge in [0.25, 0.3) is 0 Å². The molecule has 7 nitrogen and oxygen atoms in total. The molecule has 0 fully saturated rings. The summed E-state index contributed by atoms with van der Waals surface area (Å²) in [6.07, 6.45) is 0. The molecule has 0 rings (SSSR count). The van der Waals surface area contributed by atoms with E-state index in [0.29, 0.717) is 0 Å². The second kappa shape index (κ2) is 3.29. The predicted octanol–water partition coefficient (Wildman–Crippen LogP) is 0.376. The van der Waals surface area contributed by atoms with Crippen LogP contribution in [0.1, 0.15) is 0 Å². The molecule has 0 aromatic heterocycles. The fourth-order valence-electron chi connectivity index (χ4n) is 0.0928. The zero-order valence-corrected chi connectivity index (χ0v) is 3.90. The Labute approximate surface area is 45.5 Å². The van der Waals surface area contributed by atoms with Crippen molar-refractivity contribution in [2.75, 3.05) is 0 Å². The van der Waals surface area contributed by atoms with E-state index in [9.17, 15) is 0 Å². The van der Waals surface area contributed by atoms with Crippen LogP contribution in [0.4, 0.5) is 0 Å². The van der Waals surface area contributed by atoms with Crippen molar-refractivity contribution in [3.05, 3.63) is 11.7 Å². The minimum atomic E-state index is -0.215. The molecule has 0 aliphatic rings. The van der Waals surface area contributed by atoms with Gasteiger partial charge in [-0.25, -0.2) is 0 Å². The van der Waals surface area contributed by atoms with E-state index in [2.05, 4.69) is 16.8 Å². The summed E-state index contributed by atoms with van der Waals surface area (Å²) < 4.78 is 0. The van der Waals surface area contributed by atoms with Crippen molar-refractivity contribution in [3.8, 4) is 0 Å². The van der Waals surface area contributed by atoms with Gasteiger partial charge in [0, 0.05) is 12.1 Å². The van der Waals surface area contributed by atoms with E-state index in [1.165, 1.54) is 0 Å². The van der Waals surface area contributed by atoms with Crippen molar-refractivity contribution < 1.29 is 10.1 Å². The van der Waals surface area contributed by atoms with Gasteiger partial charge < -0.3 is 16.7 Å².